The Morgan fingerprint density at radius 1 is 1.17 bits per heavy atom. The first-order valence-electron chi connectivity index (χ1n) is 4.00. The molecule has 0 unspecified atom stereocenters. The number of anilines is 1. The van der Waals surface area contributed by atoms with Gasteiger partial charge in [-0.15, -0.1) is 0 Å². The Hall–Kier alpha value is -1.57. The van der Waals surface area contributed by atoms with Gasteiger partial charge in [-0.25, -0.2) is 5.01 Å². The minimum Gasteiger partial charge on any atom is -0.242 e. The van der Waals surface area contributed by atoms with Gasteiger partial charge in [0.2, 0.25) is 0 Å². The van der Waals surface area contributed by atoms with Gasteiger partial charge in [-0.1, -0.05) is 24.3 Å². The zero-order valence-corrected chi connectivity index (χ0v) is 6.72. The van der Waals surface area contributed by atoms with Crippen LogP contribution in [0.4, 0.5) is 5.69 Å². The first-order chi connectivity index (χ1) is 5.97. The third kappa shape index (κ3) is 1.37. The first kappa shape index (κ1) is 7.10. The fraction of sp³-hybridized carbons (Fsp3) is 0.100. The largest absolute Gasteiger partial charge is 0.242 e. The Bertz CT molecular complexity index is 289. The molecule has 0 bridgehead atoms. The van der Waals surface area contributed by atoms with Gasteiger partial charge in [-0.3, -0.25) is 0 Å². The Labute approximate surface area is 71.8 Å². The summed E-state index contributed by atoms with van der Waals surface area (Å²) >= 11 is 0. The average Bonchev–Trinajstić information content (AvgIpc) is 2.21. The van der Waals surface area contributed by atoms with E-state index in [2.05, 4.69) is 11.2 Å². The van der Waals surface area contributed by atoms with Crippen LogP contribution in [-0.4, -0.2) is 6.21 Å². The van der Waals surface area contributed by atoms with Gasteiger partial charge in [-0.2, -0.15) is 5.10 Å². The van der Waals surface area contributed by atoms with Crippen molar-refractivity contribution in [3.05, 3.63) is 42.6 Å². The third-order valence-corrected chi connectivity index (χ3v) is 1.71. The third-order valence-electron chi connectivity index (χ3n) is 1.71. The molecular formula is C10H10N2. The molecule has 0 saturated heterocycles. The van der Waals surface area contributed by atoms with Gasteiger partial charge in [0, 0.05) is 18.8 Å². The van der Waals surface area contributed by atoms with Crippen LogP contribution in [0.1, 0.15) is 6.42 Å². The first-order valence-corrected chi connectivity index (χ1v) is 4.00. The van der Waals surface area contributed by atoms with E-state index in [9.17, 15) is 0 Å². The van der Waals surface area contributed by atoms with Gasteiger partial charge in [0.25, 0.3) is 0 Å². The molecule has 0 N–H and O–H groups in total. The van der Waals surface area contributed by atoms with Gasteiger partial charge in [-0.05, 0) is 12.1 Å². The maximum atomic E-state index is 4.22. The van der Waals surface area contributed by atoms with E-state index in [1.54, 1.807) is 0 Å². The minimum absolute atomic E-state index is 0.934. The fourth-order valence-electron chi connectivity index (χ4n) is 1.13. The van der Waals surface area contributed by atoms with Crippen LogP contribution >= 0.6 is 0 Å². The molecule has 0 aromatic heterocycles. The van der Waals surface area contributed by atoms with E-state index in [1.165, 1.54) is 0 Å². The number of nitrogens with zero attached hydrogens (tertiary/aromatic N) is 2. The summed E-state index contributed by atoms with van der Waals surface area (Å²) in [6.07, 6.45) is 6.89. The summed E-state index contributed by atoms with van der Waals surface area (Å²) in [5.74, 6) is 0. The van der Waals surface area contributed by atoms with Crippen molar-refractivity contribution < 1.29 is 0 Å². The predicted molar refractivity (Wildman–Crippen MR) is 51.2 cm³/mol. The van der Waals surface area contributed by atoms with Gasteiger partial charge in [0.15, 0.2) is 0 Å². The molecule has 1 heterocycles. The van der Waals surface area contributed by atoms with Crippen LogP contribution < -0.4 is 5.01 Å². The second-order valence-electron chi connectivity index (χ2n) is 2.60. The van der Waals surface area contributed by atoms with Crippen molar-refractivity contribution in [2.24, 2.45) is 5.10 Å². The molecule has 1 aromatic rings. The van der Waals surface area contributed by atoms with E-state index in [4.69, 9.17) is 0 Å². The van der Waals surface area contributed by atoms with Crippen LogP contribution in [0.15, 0.2) is 47.7 Å². The van der Waals surface area contributed by atoms with Gasteiger partial charge < -0.3 is 0 Å². The summed E-state index contributed by atoms with van der Waals surface area (Å²) in [6, 6.07) is 10.1. The normalized spacial score (nSPS) is 15.2. The highest BCUT2D eigenvalue weighted by Gasteiger charge is 1.99. The molecule has 0 radical (unpaired) electrons. The van der Waals surface area contributed by atoms with E-state index < -0.39 is 0 Å². The lowest BCUT2D eigenvalue weighted by molar-refractivity contribution is 1.05. The van der Waals surface area contributed by atoms with Gasteiger partial charge in [0.1, 0.15) is 0 Å². The highest BCUT2D eigenvalue weighted by Crippen LogP contribution is 2.15. The molecule has 2 heteroatoms. The van der Waals surface area contributed by atoms with Crippen molar-refractivity contribution in [3.8, 4) is 0 Å². The highest BCUT2D eigenvalue weighted by molar-refractivity contribution is 5.65. The van der Waals surface area contributed by atoms with Crippen molar-refractivity contribution in [2.75, 3.05) is 5.01 Å². The number of hydrazone groups is 1. The van der Waals surface area contributed by atoms with Crippen LogP contribution in [0.2, 0.25) is 0 Å². The summed E-state index contributed by atoms with van der Waals surface area (Å²) in [6.45, 7) is 0. The number of benzene rings is 1. The maximum Gasteiger partial charge on any atom is 0.0645 e. The summed E-state index contributed by atoms with van der Waals surface area (Å²) < 4.78 is 0. The zero-order valence-electron chi connectivity index (χ0n) is 6.72. The van der Waals surface area contributed by atoms with Crippen LogP contribution in [0.3, 0.4) is 0 Å². The Morgan fingerprint density at radius 2 is 2.00 bits per heavy atom. The molecule has 0 atom stereocenters. The Morgan fingerprint density at radius 3 is 2.67 bits per heavy atom. The summed E-state index contributed by atoms with van der Waals surface area (Å²) in [5, 5.41) is 6.09. The monoisotopic (exact) mass is 158 g/mol. The molecule has 0 fully saturated rings. The Balaban J connectivity index is 2.25. The van der Waals surface area contributed by atoms with Crippen LogP contribution in [0.25, 0.3) is 0 Å². The number of hydrogen-bond acceptors (Lipinski definition) is 2. The molecule has 0 saturated carbocycles. The lowest BCUT2D eigenvalue weighted by atomic mass is 10.3. The zero-order chi connectivity index (χ0) is 8.23. The molecular weight excluding hydrogens is 148 g/mol. The number of hydrogen-bond donors (Lipinski definition) is 0. The second-order valence-corrected chi connectivity index (χ2v) is 2.60. The average molecular weight is 158 g/mol. The lowest BCUT2D eigenvalue weighted by Gasteiger charge is -2.15. The fourth-order valence-corrected chi connectivity index (χ4v) is 1.13. The summed E-state index contributed by atoms with van der Waals surface area (Å²) in [7, 11) is 0. The summed E-state index contributed by atoms with van der Waals surface area (Å²) in [5.41, 5.74) is 1.10. The van der Waals surface area contributed by atoms with Crippen molar-refractivity contribution in [3.63, 3.8) is 0 Å². The molecule has 60 valence electrons. The topological polar surface area (TPSA) is 15.6 Å². The van der Waals surface area contributed by atoms with E-state index in [0.717, 1.165) is 12.1 Å². The van der Waals surface area contributed by atoms with E-state index >= 15 is 0 Å². The standard InChI is InChI=1S/C10H10N2/c1-2-6-10(7-3-1)12-9-5-4-8-11-12/h1-3,5-9H,4H2. The molecule has 1 aliphatic heterocycles. The number of allylic oxidation sites excluding steroid dienone is 1. The molecule has 2 nitrogen and oxygen atoms in total. The Kier molecular flexibility index (Phi) is 1.90. The molecule has 0 amide bonds. The lowest BCUT2D eigenvalue weighted by Crippen LogP contribution is -2.09. The molecule has 2 rings (SSSR count). The molecule has 12 heavy (non-hydrogen) atoms. The van der Waals surface area contributed by atoms with Gasteiger partial charge >= 0.3 is 0 Å². The van der Waals surface area contributed by atoms with Crippen molar-refractivity contribution in [2.45, 2.75) is 6.42 Å². The van der Waals surface area contributed by atoms with E-state index in [-0.39, 0.29) is 0 Å². The van der Waals surface area contributed by atoms with Crippen molar-refractivity contribution >= 4 is 11.9 Å². The van der Waals surface area contributed by atoms with E-state index in [1.807, 2.05) is 47.8 Å². The van der Waals surface area contributed by atoms with E-state index in [0.29, 0.717) is 0 Å². The maximum absolute atomic E-state index is 4.22. The van der Waals surface area contributed by atoms with Crippen molar-refractivity contribution in [1.82, 2.24) is 0 Å². The smallest absolute Gasteiger partial charge is 0.0645 e. The number of para-hydroxylation sites is 1. The molecule has 1 aromatic carbocycles. The highest BCUT2D eigenvalue weighted by atomic mass is 15.4. The quantitative estimate of drug-likeness (QED) is 0.612. The van der Waals surface area contributed by atoms with Gasteiger partial charge in [0.05, 0.1) is 5.69 Å². The molecule has 0 aliphatic carbocycles. The predicted octanol–water partition coefficient (Wildman–Crippen LogP) is 2.40. The van der Waals surface area contributed by atoms with Crippen molar-refractivity contribution in [1.29, 1.82) is 0 Å². The SMILES string of the molecule is C1=CN(c2ccccc2)N=CC1. The number of rotatable bonds is 1. The second kappa shape index (κ2) is 3.22. The minimum atomic E-state index is 0.934. The molecule has 1 aliphatic rings. The van der Waals surface area contributed by atoms with Crippen LogP contribution in [0.5, 0.6) is 0 Å². The van der Waals surface area contributed by atoms with Crippen LogP contribution in [0, 0.1) is 0 Å². The molecule has 0 spiro atoms. The van der Waals surface area contributed by atoms with Crippen LogP contribution in [-0.2, 0) is 0 Å². The summed E-state index contributed by atoms with van der Waals surface area (Å²) in [4.78, 5) is 0.